The summed E-state index contributed by atoms with van der Waals surface area (Å²) in [6, 6.07) is 19.9. The summed E-state index contributed by atoms with van der Waals surface area (Å²) in [4.78, 5) is 22.6. The van der Waals surface area contributed by atoms with Gasteiger partial charge in [-0.1, -0.05) is 0 Å². The normalized spacial score (nSPS) is 11.0. The minimum absolute atomic E-state index is 0.0161. The molecule has 0 saturated heterocycles. The van der Waals surface area contributed by atoms with Crippen LogP contribution in [-0.4, -0.2) is 49.1 Å². The number of carbonyl (C=O) groups is 1. The minimum atomic E-state index is -1.29. The molecule has 0 radical (unpaired) electrons. The number of ether oxygens (including phenoxy) is 3. The van der Waals surface area contributed by atoms with Gasteiger partial charge in [-0.3, -0.25) is 10.1 Å². The molecule has 0 unspecified atom stereocenters. The van der Waals surface area contributed by atoms with Crippen LogP contribution in [0.2, 0.25) is 0 Å². The van der Waals surface area contributed by atoms with Gasteiger partial charge in [0.1, 0.15) is 0 Å². The Morgan fingerprint density at radius 2 is 1.59 bits per heavy atom. The molecule has 8 nitrogen and oxygen atoms in total. The molecule has 3 aromatic carbocycles. The van der Waals surface area contributed by atoms with Crippen LogP contribution in [-0.2, 0) is 12.3 Å². The first-order valence-electron chi connectivity index (χ1n) is 9.29. The van der Waals surface area contributed by atoms with Gasteiger partial charge in [-0.15, -0.1) is 0 Å². The average Bonchev–Trinajstić information content (AvgIpc) is 2.80. The van der Waals surface area contributed by atoms with Crippen molar-refractivity contribution in [2.45, 2.75) is 0 Å². The van der Waals surface area contributed by atoms with Crippen LogP contribution in [0.4, 0.5) is 5.69 Å². The second-order valence-electron chi connectivity index (χ2n) is 6.21. The van der Waals surface area contributed by atoms with Crippen molar-refractivity contribution in [1.29, 1.82) is 0 Å². The van der Waals surface area contributed by atoms with Crippen LogP contribution in [0, 0.1) is 10.1 Å². The number of hydrogen-bond acceptors (Lipinski definition) is 7. The van der Waals surface area contributed by atoms with Gasteiger partial charge in [-0.25, -0.2) is 0 Å². The van der Waals surface area contributed by atoms with Crippen LogP contribution in [0.15, 0.2) is 76.5 Å². The van der Waals surface area contributed by atoms with Gasteiger partial charge in [-0.05, 0) is 0 Å². The number of para-hydroxylation sites is 1. The number of carbonyl (C=O) groups excluding carboxylic acids is 1. The molecule has 164 valence electrons. The zero-order chi connectivity index (χ0) is 22.9. The molecular formula is C23H19NO7Po. The van der Waals surface area contributed by atoms with Gasteiger partial charge in [-0.2, -0.15) is 0 Å². The molecule has 0 aliphatic carbocycles. The zero-order valence-corrected chi connectivity index (χ0v) is 20.4. The van der Waals surface area contributed by atoms with Crippen molar-refractivity contribution in [2.75, 3.05) is 14.2 Å². The Morgan fingerprint density at radius 3 is 2.25 bits per heavy atom. The monoisotopic (exact) mass is 630 g/mol. The van der Waals surface area contributed by atoms with Gasteiger partial charge in [0.25, 0.3) is 5.69 Å². The second-order valence-corrected chi connectivity index (χ2v) is 9.17. The van der Waals surface area contributed by atoms with Gasteiger partial charge in [0, 0.05) is 0 Å². The van der Waals surface area contributed by atoms with E-state index in [1.165, 1.54) is 31.4 Å². The number of rotatable bonds is 9. The Balaban J connectivity index is 1.84. The van der Waals surface area contributed by atoms with Crippen LogP contribution < -0.4 is 9.47 Å². The maximum absolute atomic E-state index is 12.3. The van der Waals surface area contributed by atoms with Crippen molar-refractivity contribution in [3.63, 3.8) is 0 Å². The number of nitro groups is 1. The van der Waals surface area contributed by atoms with E-state index in [-0.39, 0.29) is 5.69 Å². The van der Waals surface area contributed by atoms with Crippen LogP contribution >= 0.6 is 0 Å². The molecule has 3 aromatic rings. The Kier molecular flexibility index (Phi) is 8.31. The molecule has 0 amide bonds. The molecule has 0 bridgehead atoms. The molecular weight excluding hydrogens is 611 g/mol. The Hall–Kier alpha value is -3.27. The molecule has 0 aromatic heterocycles. The summed E-state index contributed by atoms with van der Waals surface area (Å²) < 4.78 is 23.8. The molecule has 0 spiro atoms. The number of hydrogen-bond donors (Lipinski definition) is 0. The van der Waals surface area contributed by atoms with E-state index in [1.807, 2.05) is 6.07 Å². The van der Waals surface area contributed by atoms with Gasteiger partial charge >= 0.3 is 177 Å². The van der Waals surface area contributed by atoms with E-state index in [0.29, 0.717) is 34.1 Å². The number of benzene rings is 3. The van der Waals surface area contributed by atoms with E-state index in [4.69, 9.17) is 17.0 Å². The van der Waals surface area contributed by atoms with Crippen LogP contribution in [0.1, 0.15) is 5.56 Å². The van der Waals surface area contributed by atoms with Gasteiger partial charge in [0.2, 0.25) is 0 Å². The van der Waals surface area contributed by atoms with Crippen LogP contribution in [0.5, 0.6) is 23.0 Å². The predicted molar refractivity (Wildman–Crippen MR) is 119 cm³/mol. The fourth-order valence-corrected chi connectivity index (χ4v) is 4.32. The summed E-state index contributed by atoms with van der Waals surface area (Å²) in [5, 5.41) is 10.8. The van der Waals surface area contributed by atoms with Crippen molar-refractivity contribution in [3.8, 4) is 23.0 Å². The summed E-state index contributed by atoms with van der Waals surface area (Å²) in [5.41, 5.74) is 0.976. The second kappa shape index (κ2) is 11.4. The van der Waals surface area contributed by atoms with Gasteiger partial charge < -0.3 is 0 Å². The molecule has 0 heterocycles. The quantitative estimate of drug-likeness (QED) is 0.143. The number of esters is 1. The third-order valence-corrected chi connectivity index (χ3v) is 6.20. The summed E-state index contributed by atoms with van der Waals surface area (Å²) >= 11 is -1.29. The van der Waals surface area contributed by atoms with Gasteiger partial charge in [0.05, 0.1) is 4.92 Å². The Bertz CT molecular complexity index is 1130. The first-order valence-corrected chi connectivity index (χ1v) is 12.4. The van der Waals surface area contributed by atoms with E-state index < -0.39 is 34.9 Å². The molecule has 0 aliphatic heterocycles. The average molecular weight is 630 g/mol. The van der Waals surface area contributed by atoms with Crippen molar-refractivity contribution >= 4 is 41.2 Å². The van der Waals surface area contributed by atoms with Crippen molar-refractivity contribution in [3.05, 3.63) is 92.2 Å². The third kappa shape index (κ3) is 6.13. The number of methoxy groups -OCH3 is 1. The molecule has 0 atom stereocenters. The van der Waals surface area contributed by atoms with E-state index in [2.05, 4.69) is 0 Å². The first-order chi connectivity index (χ1) is 15.5. The maximum atomic E-state index is 12.3. The van der Waals surface area contributed by atoms with Crippen molar-refractivity contribution in [2.24, 2.45) is 0 Å². The molecule has 3 rings (SSSR count). The summed E-state index contributed by atoms with van der Waals surface area (Å²) in [6.45, 7) is 0. The Labute approximate surface area is 196 Å². The summed E-state index contributed by atoms with van der Waals surface area (Å²) in [5.74, 6) is 1.45. The van der Waals surface area contributed by atoms with Crippen LogP contribution in [0.25, 0.3) is 5.57 Å². The topological polar surface area (TPSA) is 97.1 Å². The number of non-ortho nitro benzene ring substituents is 1. The van der Waals surface area contributed by atoms with E-state index in [1.54, 1.807) is 53.3 Å². The fourth-order valence-electron chi connectivity index (χ4n) is 2.71. The fraction of sp³-hybridized carbons (Fsp3) is 0.0870. The van der Waals surface area contributed by atoms with E-state index in [9.17, 15) is 14.9 Å². The summed E-state index contributed by atoms with van der Waals surface area (Å²) in [6.07, 6.45) is 0. The molecule has 0 N–H and O–H groups in total. The van der Waals surface area contributed by atoms with Crippen molar-refractivity contribution < 1.29 is 26.7 Å². The van der Waals surface area contributed by atoms with E-state index >= 15 is 0 Å². The van der Waals surface area contributed by atoms with Crippen LogP contribution in [0.3, 0.4) is 0 Å². The molecule has 0 fully saturated rings. The first kappa shape index (κ1) is 23.4. The van der Waals surface area contributed by atoms with E-state index in [0.717, 1.165) is 0 Å². The zero-order valence-electron chi connectivity index (χ0n) is 17.2. The molecule has 0 aliphatic rings. The number of nitrogens with zero attached hydrogens (tertiary/aromatic N) is 1. The predicted octanol–water partition coefficient (Wildman–Crippen LogP) is 4.96. The standard InChI is InChI=1S/C22H16NO6.CH3O.Po/c1-15(22(24)27-2)20-8-3-4-9-21(20)29-19-7-5-6-18(14-19)28-17-12-10-16(11-13-17)23(25)26;1-2;/h1,3-14H,2H3;1H3;/q;-1;+1. The third-order valence-electron chi connectivity index (χ3n) is 4.16. The summed E-state index contributed by atoms with van der Waals surface area (Å²) in [7, 11) is 2.94. The molecule has 32 heavy (non-hydrogen) atoms. The van der Waals surface area contributed by atoms with Gasteiger partial charge in [0.15, 0.2) is 0 Å². The number of nitro benzene ring substituents is 1. The molecule has 9 heteroatoms. The molecule has 0 saturated carbocycles. The SMILES string of the molecule is C[O][Po]/[CH]=C(/C(=O)OC)c1ccccc1Oc1cccc(Oc2ccc([N+](=O)[O-])cc2)c1. The Morgan fingerprint density at radius 1 is 0.906 bits per heavy atom. The van der Waals surface area contributed by atoms with Crippen molar-refractivity contribution in [1.82, 2.24) is 0 Å².